The predicted molar refractivity (Wildman–Crippen MR) is 103 cm³/mol. The monoisotopic (exact) mass is 383 g/mol. The van der Waals surface area contributed by atoms with Gasteiger partial charge in [-0.15, -0.1) is 0 Å². The first-order chi connectivity index (χ1) is 12.9. The molecule has 0 unspecified atom stereocenters. The SMILES string of the molecule is Cc1ccc(NC(=O)c2ccc(C#N)cc2)cc1S(=O)(=O)N1CCCCC1. The number of nitriles is 1. The number of carbonyl (C=O) groups excluding carboxylic acids is 1. The van der Waals surface area contributed by atoms with Gasteiger partial charge in [-0.1, -0.05) is 12.5 Å². The van der Waals surface area contributed by atoms with Crippen molar-refractivity contribution in [2.45, 2.75) is 31.1 Å². The van der Waals surface area contributed by atoms with E-state index in [4.69, 9.17) is 5.26 Å². The van der Waals surface area contributed by atoms with Crippen LogP contribution in [0.15, 0.2) is 47.4 Å². The lowest BCUT2D eigenvalue weighted by Gasteiger charge is -2.26. The number of piperidine rings is 1. The molecule has 1 aliphatic rings. The molecule has 0 radical (unpaired) electrons. The van der Waals surface area contributed by atoms with Crippen molar-refractivity contribution in [2.75, 3.05) is 18.4 Å². The lowest BCUT2D eigenvalue weighted by Crippen LogP contribution is -2.36. The van der Waals surface area contributed by atoms with Crippen LogP contribution < -0.4 is 5.32 Å². The Bertz CT molecular complexity index is 986. The standard InChI is InChI=1S/C20H21N3O3S/c1-15-5-10-18(22-20(24)17-8-6-16(14-21)7-9-17)13-19(15)27(25,26)23-11-3-2-4-12-23/h5-10,13H,2-4,11-12H2,1H3,(H,22,24). The summed E-state index contributed by atoms with van der Waals surface area (Å²) in [5.41, 5.74) is 1.94. The van der Waals surface area contributed by atoms with Crippen LogP contribution in [-0.2, 0) is 10.0 Å². The number of sulfonamides is 1. The Morgan fingerprint density at radius 3 is 2.37 bits per heavy atom. The highest BCUT2D eigenvalue weighted by molar-refractivity contribution is 7.89. The number of benzene rings is 2. The molecular formula is C20H21N3O3S. The van der Waals surface area contributed by atoms with Gasteiger partial charge in [0.1, 0.15) is 0 Å². The van der Waals surface area contributed by atoms with Gasteiger partial charge >= 0.3 is 0 Å². The second-order valence-electron chi connectivity index (χ2n) is 6.59. The summed E-state index contributed by atoms with van der Waals surface area (Å²) in [5, 5.41) is 11.6. The molecule has 7 heteroatoms. The van der Waals surface area contributed by atoms with Gasteiger partial charge in [0.2, 0.25) is 10.0 Å². The summed E-state index contributed by atoms with van der Waals surface area (Å²) in [5.74, 6) is -0.357. The minimum absolute atomic E-state index is 0.224. The van der Waals surface area contributed by atoms with Crippen LogP contribution in [0.5, 0.6) is 0 Å². The Morgan fingerprint density at radius 1 is 1.07 bits per heavy atom. The van der Waals surface area contributed by atoms with Gasteiger partial charge in [-0.2, -0.15) is 9.57 Å². The third-order valence-electron chi connectivity index (χ3n) is 4.66. The third-order valence-corrected chi connectivity index (χ3v) is 6.70. The van der Waals surface area contributed by atoms with Crippen molar-refractivity contribution in [3.8, 4) is 6.07 Å². The Morgan fingerprint density at radius 2 is 1.74 bits per heavy atom. The Labute approximate surface area is 159 Å². The summed E-state index contributed by atoms with van der Waals surface area (Å²) in [6.07, 6.45) is 2.78. The van der Waals surface area contributed by atoms with Crippen LogP contribution in [0.3, 0.4) is 0 Å². The molecule has 0 atom stereocenters. The van der Waals surface area contributed by atoms with E-state index in [0.717, 1.165) is 19.3 Å². The number of anilines is 1. The number of hydrogen-bond donors (Lipinski definition) is 1. The molecule has 140 valence electrons. The molecule has 1 saturated heterocycles. The Hall–Kier alpha value is -2.69. The molecule has 0 aliphatic carbocycles. The van der Waals surface area contributed by atoms with E-state index in [1.807, 2.05) is 6.07 Å². The number of aryl methyl sites for hydroxylation is 1. The lowest BCUT2D eigenvalue weighted by molar-refractivity contribution is 0.102. The summed E-state index contributed by atoms with van der Waals surface area (Å²) < 4.78 is 27.5. The molecule has 1 fully saturated rings. The summed E-state index contributed by atoms with van der Waals surface area (Å²) in [6.45, 7) is 2.82. The highest BCUT2D eigenvalue weighted by atomic mass is 32.2. The second kappa shape index (κ2) is 7.91. The summed E-state index contributed by atoms with van der Waals surface area (Å²) >= 11 is 0. The Kier molecular flexibility index (Phi) is 5.59. The predicted octanol–water partition coefficient (Wildman–Crippen LogP) is 3.29. The van der Waals surface area contributed by atoms with Gasteiger partial charge < -0.3 is 5.32 Å². The van der Waals surface area contributed by atoms with Crippen LogP contribution in [0.2, 0.25) is 0 Å². The molecule has 0 bridgehead atoms. The summed E-state index contributed by atoms with van der Waals surface area (Å²) in [7, 11) is -3.58. The quantitative estimate of drug-likeness (QED) is 0.877. The lowest BCUT2D eigenvalue weighted by atomic mass is 10.1. The number of nitrogens with zero attached hydrogens (tertiary/aromatic N) is 2. The van der Waals surface area contributed by atoms with Crippen molar-refractivity contribution < 1.29 is 13.2 Å². The zero-order chi connectivity index (χ0) is 19.4. The molecule has 27 heavy (non-hydrogen) atoms. The van der Waals surface area contributed by atoms with Crippen molar-refractivity contribution in [1.29, 1.82) is 5.26 Å². The molecule has 1 N–H and O–H groups in total. The van der Waals surface area contributed by atoms with E-state index in [0.29, 0.717) is 35.5 Å². The van der Waals surface area contributed by atoms with Crippen molar-refractivity contribution in [3.63, 3.8) is 0 Å². The number of carbonyl (C=O) groups is 1. The van der Waals surface area contributed by atoms with Crippen LogP contribution in [0.1, 0.15) is 40.7 Å². The number of rotatable bonds is 4. The fourth-order valence-corrected chi connectivity index (χ4v) is 4.87. The maximum Gasteiger partial charge on any atom is 0.255 e. The van der Waals surface area contributed by atoms with Crippen molar-refractivity contribution in [2.24, 2.45) is 0 Å². The minimum Gasteiger partial charge on any atom is -0.322 e. The van der Waals surface area contributed by atoms with Gasteiger partial charge in [0, 0.05) is 24.3 Å². The number of nitrogens with one attached hydrogen (secondary N) is 1. The molecule has 0 saturated carbocycles. The highest BCUT2D eigenvalue weighted by Gasteiger charge is 2.27. The molecule has 1 heterocycles. The minimum atomic E-state index is -3.58. The van der Waals surface area contributed by atoms with E-state index in [9.17, 15) is 13.2 Å². The van der Waals surface area contributed by atoms with Crippen molar-refractivity contribution in [1.82, 2.24) is 4.31 Å². The normalized spacial score (nSPS) is 15.1. The average molecular weight is 383 g/mol. The van der Waals surface area contributed by atoms with Crippen LogP contribution in [-0.4, -0.2) is 31.7 Å². The van der Waals surface area contributed by atoms with Gasteiger partial charge in [-0.3, -0.25) is 4.79 Å². The molecule has 3 rings (SSSR count). The van der Waals surface area contributed by atoms with Gasteiger partial charge in [0.25, 0.3) is 5.91 Å². The molecule has 2 aromatic carbocycles. The van der Waals surface area contributed by atoms with E-state index >= 15 is 0 Å². The molecule has 0 spiro atoms. The fourth-order valence-electron chi connectivity index (χ4n) is 3.10. The third kappa shape index (κ3) is 4.18. The van der Waals surface area contributed by atoms with Crippen LogP contribution in [0, 0.1) is 18.3 Å². The van der Waals surface area contributed by atoms with Gasteiger partial charge in [-0.25, -0.2) is 8.42 Å². The topological polar surface area (TPSA) is 90.3 Å². The maximum atomic E-state index is 13.0. The molecule has 1 amide bonds. The average Bonchev–Trinajstić information content (AvgIpc) is 2.70. The smallest absolute Gasteiger partial charge is 0.255 e. The van der Waals surface area contributed by atoms with E-state index in [1.54, 1.807) is 43.3 Å². The van der Waals surface area contributed by atoms with E-state index in [-0.39, 0.29) is 10.8 Å². The molecule has 1 aliphatic heterocycles. The summed E-state index contributed by atoms with van der Waals surface area (Å²) in [4.78, 5) is 12.6. The van der Waals surface area contributed by atoms with Crippen LogP contribution in [0.4, 0.5) is 5.69 Å². The first kappa shape index (κ1) is 19.1. The fraction of sp³-hybridized carbons (Fsp3) is 0.300. The van der Waals surface area contributed by atoms with E-state index in [1.165, 1.54) is 10.4 Å². The van der Waals surface area contributed by atoms with Crippen LogP contribution >= 0.6 is 0 Å². The van der Waals surface area contributed by atoms with Crippen molar-refractivity contribution >= 4 is 21.6 Å². The first-order valence-electron chi connectivity index (χ1n) is 8.84. The largest absolute Gasteiger partial charge is 0.322 e. The number of hydrogen-bond acceptors (Lipinski definition) is 4. The first-order valence-corrected chi connectivity index (χ1v) is 10.3. The molecular weight excluding hydrogens is 362 g/mol. The number of amides is 1. The Balaban J connectivity index is 1.84. The second-order valence-corrected chi connectivity index (χ2v) is 8.49. The van der Waals surface area contributed by atoms with E-state index < -0.39 is 10.0 Å². The molecule has 0 aromatic heterocycles. The highest BCUT2D eigenvalue weighted by Crippen LogP contribution is 2.26. The molecule has 6 nitrogen and oxygen atoms in total. The summed E-state index contributed by atoms with van der Waals surface area (Å²) in [6, 6.07) is 13.2. The maximum absolute atomic E-state index is 13.0. The van der Waals surface area contributed by atoms with Crippen LogP contribution in [0.25, 0.3) is 0 Å². The zero-order valence-electron chi connectivity index (χ0n) is 15.1. The van der Waals surface area contributed by atoms with E-state index in [2.05, 4.69) is 5.32 Å². The van der Waals surface area contributed by atoms with Gasteiger partial charge in [0.05, 0.1) is 16.5 Å². The van der Waals surface area contributed by atoms with Gasteiger partial charge in [0.15, 0.2) is 0 Å². The van der Waals surface area contributed by atoms with Gasteiger partial charge in [-0.05, 0) is 61.7 Å². The zero-order valence-corrected chi connectivity index (χ0v) is 15.9. The van der Waals surface area contributed by atoms with Crippen molar-refractivity contribution in [3.05, 3.63) is 59.2 Å². The molecule has 2 aromatic rings.